The van der Waals surface area contributed by atoms with Crippen LogP contribution in [0.15, 0.2) is 90.0 Å². The molecule has 4 nitrogen and oxygen atoms in total. The molecule has 0 radical (unpaired) electrons. The number of hydrazone groups is 1. The van der Waals surface area contributed by atoms with Crippen LogP contribution in [0, 0.1) is 0 Å². The number of nitrogens with zero attached hydrogens (tertiary/aromatic N) is 2. The van der Waals surface area contributed by atoms with Crippen molar-refractivity contribution in [3.63, 3.8) is 0 Å². The lowest BCUT2D eigenvalue weighted by Gasteiger charge is -2.11. The summed E-state index contributed by atoms with van der Waals surface area (Å²) in [7, 11) is 0. The van der Waals surface area contributed by atoms with Gasteiger partial charge in [-0.05, 0) is 29.2 Å². The molecular formula is C28H27N3O. The number of pyridine rings is 1. The normalized spacial score (nSPS) is 12.4. The van der Waals surface area contributed by atoms with E-state index in [0.717, 1.165) is 27.7 Å². The van der Waals surface area contributed by atoms with Gasteiger partial charge < -0.3 is 0 Å². The first-order chi connectivity index (χ1) is 15.5. The van der Waals surface area contributed by atoms with Crippen molar-refractivity contribution in [3.8, 4) is 11.3 Å². The molecule has 1 aromatic heterocycles. The van der Waals surface area contributed by atoms with E-state index in [1.165, 1.54) is 5.56 Å². The summed E-state index contributed by atoms with van der Waals surface area (Å²) in [6.07, 6.45) is 1.75. The lowest BCUT2D eigenvalue weighted by Crippen LogP contribution is -2.19. The Morgan fingerprint density at radius 3 is 2.28 bits per heavy atom. The Bertz CT molecular complexity index is 1240. The molecule has 4 aromatic rings. The largest absolute Gasteiger partial charge is 0.272 e. The number of hydrogen-bond donors (Lipinski definition) is 1. The van der Waals surface area contributed by atoms with Gasteiger partial charge in [0.1, 0.15) is 0 Å². The van der Waals surface area contributed by atoms with Crippen molar-refractivity contribution < 1.29 is 4.79 Å². The van der Waals surface area contributed by atoms with Gasteiger partial charge in [-0.25, -0.2) is 10.4 Å². The van der Waals surface area contributed by atoms with Gasteiger partial charge in [0.25, 0.3) is 5.91 Å². The Kier molecular flexibility index (Phi) is 6.41. The van der Waals surface area contributed by atoms with E-state index < -0.39 is 0 Å². The fraction of sp³-hybridized carbons (Fsp3) is 0.179. The van der Waals surface area contributed by atoms with Crippen molar-refractivity contribution in [2.75, 3.05) is 0 Å². The second kappa shape index (κ2) is 9.56. The van der Waals surface area contributed by atoms with Crippen LogP contribution in [0.3, 0.4) is 0 Å². The van der Waals surface area contributed by atoms with Crippen molar-refractivity contribution in [3.05, 3.63) is 102 Å². The Labute approximate surface area is 189 Å². The highest BCUT2D eigenvalue weighted by molar-refractivity contribution is 6.07. The first-order valence-corrected chi connectivity index (χ1v) is 10.9. The standard InChI is InChI=1S/C28H27N3O/c1-19(2)21-13-15-23(16-14-21)27-17-25(24-11-7-8-12-26(24)30-27)28(32)31-29-18-20(3)22-9-5-4-6-10-22/h4-20H,1-3H3,(H,31,32)/b29-18+. The third-order valence-electron chi connectivity index (χ3n) is 5.62. The molecule has 32 heavy (non-hydrogen) atoms. The van der Waals surface area contributed by atoms with Gasteiger partial charge in [0.05, 0.1) is 16.8 Å². The van der Waals surface area contributed by atoms with Crippen LogP contribution in [0.1, 0.15) is 54.1 Å². The Balaban J connectivity index is 1.62. The molecule has 4 rings (SSSR count). The minimum atomic E-state index is -0.250. The summed E-state index contributed by atoms with van der Waals surface area (Å²) in [5.74, 6) is 0.312. The molecule has 1 N–H and O–H groups in total. The van der Waals surface area contributed by atoms with Gasteiger partial charge in [-0.1, -0.05) is 93.6 Å². The van der Waals surface area contributed by atoms with E-state index in [1.54, 1.807) is 6.21 Å². The third kappa shape index (κ3) is 4.75. The van der Waals surface area contributed by atoms with Gasteiger partial charge in [-0.3, -0.25) is 4.79 Å². The highest BCUT2D eigenvalue weighted by atomic mass is 16.2. The van der Waals surface area contributed by atoms with Gasteiger partial charge in [-0.15, -0.1) is 0 Å². The number of carbonyl (C=O) groups is 1. The number of nitrogens with one attached hydrogen (secondary N) is 1. The summed E-state index contributed by atoms with van der Waals surface area (Å²) in [5, 5.41) is 5.02. The second-order valence-corrected chi connectivity index (χ2v) is 8.27. The minimum Gasteiger partial charge on any atom is -0.267 e. The lowest BCUT2D eigenvalue weighted by molar-refractivity contribution is 0.0956. The molecule has 0 saturated heterocycles. The Morgan fingerprint density at radius 1 is 0.875 bits per heavy atom. The van der Waals surface area contributed by atoms with E-state index in [2.05, 4.69) is 48.6 Å². The summed E-state index contributed by atoms with van der Waals surface area (Å²) < 4.78 is 0. The first kappa shape index (κ1) is 21.4. The lowest BCUT2D eigenvalue weighted by atomic mass is 9.99. The fourth-order valence-corrected chi connectivity index (χ4v) is 3.66. The van der Waals surface area contributed by atoms with Gasteiger partial charge in [0.15, 0.2) is 0 Å². The first-order valence-electron chi connectivity index (χ1n) is 10.9. The maximum Gasteiger partial charge on any atom is 0.272 e. The topological polar surface area (TPSA) is 54.4 Å². The van der Waals surface area contributed by atoms with E-state index in [1.807, 2.05) is 67.6 Å². The highest BCUT2D eigenvalue weighted by Crippen LogP contribution is 2.26. The average molecular weight is 422 g/mol. The number of hydrogen-bond acceptors (Lipinski definition) is 3. The summed E-state index contributed by atoms with van der Waals surface area (Å²) >= 11 is 0. The van der Waals surface area contributed by atoms with Crippen LogP contribution in [0.2, 0.25) is 0 Å². The molecule has 0 aliphatic carbocycles. The van der Waals surface area contributed by atoms with E-state index in [9.17, 15) is 4.79 Å². The van der Waals surface area contributed by atoms with Crippen LogP contribution in [0.25, 0.3) is 22.2 Å². The molecule has 1 atom stereocenters. The molecule has 0 saturated carbocycles. The SMILES string of the molecule is CC(C)c1ccc(-c2cc(C(=O)N/N=C/C(C)c3ccccc3)c3ccccc3n2)cc1. The number of carbonyl (C=O) groups excluding carboxylic acids is 1. The van der Waals surface area contributed by atoms with Crippen molar-refractivity contribution in [1.29, 1.82) is 0 Å². The van der Waals surface area contributed by atoms with Crippen LogP contribution in [0.5, 0.6) is 0 Å². The summed E-state index contributed by atoms with van der Waals surface area (Å²) in [6, 6.07) is 28.0. The molecule has 1 heterocycles. The number of amides is 1. The van der Waals surface area contributed by atoms with Crippen LogP contribution in [-0.2, 0) is 0 Å². The number of para-hydroxylation sites is 1. The van der Waals surface area contributed by atoms with E-state index >= 15 is 0 Å². The zero-order valence-corrected chi connectivity index (χ0v) is 18.6. The Morgan fingerprint density at radius 2 is 1.56 bits per heavy atom. The second-order valence-electron chi connectivity index (χ2n) is 8.27. The summed E-state index contributed by atoms with van der Waals surface area (Å²) in [5.41, 5.74) is 8.21. The summed E-state index contributed by atoms with van der Waals surface area (Å²) in [4.78, 5) is 17.8. The molecule has 1 amide bonds. The van der Waals surface area contributed by atoms with Gasteiger partial charge in [0.2, 0.25) is 0 Å². The average Bonchev–Trinajstić information content (AvgIpc) is 2.83. The van der Waals surface area contributed by atoms with Crippen LogP contribution >= 0.6 is 0 Å². The number of aromatic nitrogens is 1. The molecule has 0 fully saturated rings. The molecule has 1 unspecified atom stereocenters. The van der Waals surface area contributed by atoms with E-state index in [0.29, 0.717) is 11.5 Å². The maximum atomic E-state index is 13.1. The summed E-state index contributed by atoms with van der Waals surface area (Å²) in [6.45, 7) is 6.39. The number of fused-ring (bicyclic) bond motifs is 1. The molecule has 0 spiro atoms. The molecule has 0 aliphatic heterocycles. The Hall–Kier alpha value is -3.79. The monoisotopic (exact) mass is 421 g/mol. The third-order valence-corrected chi connectivity index (χ3v) is 5.62. The fourth-order valence-electron chi connectivity index (χ4n) is 3.66. The van der Waals surface area contributed by atoms with Crippen LogP contribution < -0.4 is 5.43 Å². The van der Waals surface area contributed by atoms with Crippen LogP contribution in [-0.4, -0.2) is 17.1 Å². The highest BCUT2D eigenvalue weighted by Gasteiger charge is 2.14. The van der Waals surface area contributed by atoms with E-state index in [4.69, 9.17) is 4.98 Å². The van der Waals surface area contributed by atoms with Crippen molar-refractivity contribution >= 4 is 23.0 Å². The van der Waals surface area contributed by atoms with Crippen LogP contribution in [0.4, 0.5) is 0 Å². The minimum absolute atomic E-state index is 0.0979. The zero-order chi connectivity index (χ0) is 22.5. The zero-order valence-electron chi connectivity index (χ0n) is 18.6. The quantitative estimate of drug-likeness (QED) is 0.284. The van der Waals surface area contributed by atoms with E-state index in [-0.39, 0.29) is 11.8 Å². The number of rotatable bonds is 6. The molecule has 160 valence electrons. The van der Waals surface area contributed by atoms with Gasteiger partial charge >= 0.3 is 0 Å². The molecular weight excluding hydrogens is 394 g/mol. The van der Waals surface area contributed by atoms with Gasteiger partial charge in [0, 0.05) is 23.1 Å². The smallest absolute Gasteiger partial charge is 0.267 e. The van der Waals surface area contributed by atoms with Gasteiger partial charge in [-0.2, -0.15) is 5.10 Å². The number of benzene rings is 3. The predicted octanol–water partition coefficient (Wildman–Crippen LogP) is 6.54. The predicted molar refractivity (Wildman–Crippen MR) is 132 cm³/mol. The van der Waals surface area contributed by atoms with Crippen molar-refractivity contribution in [2.24, 2.45) is 5.10 Å². The molecule has 3 aromatic carbocycles. The molecule has 0 bridgehead atoms. The maximum absolute atomic E-state index is 13.1. The van der Waals surface area contributed by atoms with Crippen molar-refractivity contribution in [2.45, 2.75) is 32.6 Å². The molecule has 4 heteroatoms. The molecule has 0 aliphatic rings. The van der Waals surface area contributed by atoms with Crippen molar-refractivity contribution in [1.82, 2.24) is 10.4 Å².